The first-order valence-corrected chi connectivity index (χ1v) is 9.02. The van der Waals surface area contributed by atoms with Crippen LogP contribution in [0.4, 0.5) is 0 Å². The summed E-state index contributed by atoms with van der Waals surface area (Å²) in [6.07, 6.45) is 0.458. The van der Waals surface area contributed by atoms with Crippen LogP contribution in [0.5, 0.6) is 0 Å². The first-order chi connectivity index (χ1) is 10.1. The zero-order valence-corrected chi connectivity index (χ0v) is 14.0. The van der Waals surface area contributed by atoms with E-state index in [1.54, 1.807) is 12.1 Å². The molecular weight excluding hydrogens is 329 g/mol. The topological polar surface area (TPSA) is 32.7 Å². The van der Waals surface area contributed by atoms with Crippen molar-refractivity contribution in [3.05, 3.63) is 33.8 Å². The van der Waals surface area contributed by atoms with Gasteiger partial charge in [0.05, 0.1) is 12.7 Å². The molecule has 1 aromatic carbocycles. The minimum Gasteiger partial charge on any atom is -0.387 e. The van der Waals surface area contributed by atoms with E-state index in [0.29, 0.717) is 27.9 Å². The van der Waals surface area contributed by atoms with Crippen molar-refractivity contribution in [3.63, 3.8) is 0 Å². The number of aliphatic hydroxyl groups is 1. The normalized spacial score (nSPS) is 28.1. The molecule has 6 heteroatoms. The predicted octanol–water partition coefficient (Wildman–Crippen LogP) is 3.23. The van der Waals surface area contributed by atoms with E-state index in [2.05, 4.69) is 4.90 Å². The summed E-state index contributed by atoms with van der Waals surface area (Å²) in [5.41, 5.74) is 0.753. The smallest absolute Gasteiger partial charge is 0.0931 e. The van der Waals surface area contributed by atoms with Crippen molar-refractivity contribution < 1.29 is 9.84 Å². The van der Waals surface area contributed by atoms with Gasteiger partial charge in [-0.05, 0) is 18.6 Å². The highest BCUT2D eigenvalue weighted by Crippen LogP contribution is 2.33. The summed E-state index contributed by atoms with van der Waals surface area (Å²) in [5.74, 6) is 1.09. The molecule has 0 amide bonds. The second kappa shape index (κ2) is 7.07. The van der Waals surface area contributed by atoms with Gasteiger partial charge < -0.3 is 9.84 Å². The zero-order valence-electron chi connectivity index (χ0n) is 11.7. The summed E-state index contributed by atoms with van der Waals surface area (Å²) in [7, 11) is 0. The van der Waals surface area contributed by atoms with Gasteiger partial charge in [0.1, 0.15) is 0 Å². The minimum atomic E-state index is -0.582. The Kier molecular flexibility index (Phi) is 5.36. The maximum Gasteiger partial charge on any atom is 0.0931 e. The molecule has 0 aliphatic carbocycles. The Labute approximate surface area is 139 Å². The van der Waals surface area contributed by atoms with E-state index >= 15 is 0 Å². The van der Waals surface area contributed by atoms with Crippen LogP contribution in [0.25, 0.3) is 0 Å². The SMILES string of the molecule is OC(CN1CCSC2COCCC21)c1ccc(Cl)cc1Cl. The van der Waals surface area contributed by atoms with Gasteiger partial charge in [0.25, 0.3) is 0 Å². The molecule has 0 spiro atoms. The fourth-order valence-electron chi connectivity index (χ4n) is 3.08. The molecule has 2 heterocycles. The maximum atomic E-state index is 10.5. The molecule has 3 atom stereocenters. The molecule has 2 saturated heterocycles. The molecular formula is C15H19Cl2NO2S. The number of β-amino-alcohol motifs (C(OH)–C–C–N with tert-alkyl or cyclic N) is 1. The van der Waals surface area contributed by atoms with Crippen LogP contribution < -0.4 is 0 Å². The Bertz CT molecular complexity index is 501. The molecule has 0 saturated carbocycles. The number of thioether (sulfide) groups is 1. The third kappa shape index (κ3) is 3.69. The molecule has 3 rings (SSSR count). The molecule has 2 aliphatic rings. The van der Waals surface area contributed by atoms with E-state index in [1.807, 2.05) is 17.8 Å². The number of fused-ring (bicyclic) bond motifs is 1. The van der Waals surface area contributed by atoms with Crippen LogP contribution in [-0.4, -0.2) is 53.4 Å². The average Bonchev–Trinajstić information content (AvgIpc) is 2.47. The molecule has 3 nitrogen and oxygen atoms in total. The Balaban J connectivity index is 1.69. The van der Waals surface area contributed by atoms with Crippen molar-refractivity contribution in [1.82, 2.24) is 4.90 Å². The number of hydrogen-bond acceptors (Lipinski definition) is 4. The second-order valence-electron chi connectivity index (χ2n) is 5.52. The Morgan fingerprint density at radius 3 is 3.10 bits per heavy atom. The molecule has 0 radical (unpaired) electrons. The molecule has 3 unspecified atom stereocenters. The lowest BCUT2D eigenvalue weighted by Gasteiger charge is -2.44. The van der Waals surface area contributed by atoms with Gasteiger partial charge >= 0.3 is 0 Å². The van der Waals surface area contributed by atoms with Crippen LogP contribution in [0.2, 0.25) is 10.0 Å². The molecule has 2 aliphatic heterocycles. The van der Waals surface area contributed by atoms with Crippen molar-refractivity contribution in [3.8, 4) is 0 Å². The van der Waals surface area contributed by atoms with E-state index in [4.69, 9.17) is 27.9 Å². The Hall–Kier alpha value is 0.0300. The molecule has 1 N–H and O–H groups in total. The zero-order chi connectivity index (χ0) is 14.8. The predicted molar refractivity (Wildman–Crippen MR) is 88.5 cm³/mol. The number of rotatable bonds is 3. The van der Waals surface area contributed by atoms with Crippen LogP contribution >= 0.6 is 35.0 Å². The number of halogens is 2. The van der Waals surface area contributed by atoms with Crippen molar-refractivity contribution in [2.24, 2.45) is 0 Å². The van der Waals surface area contributed by atoms with Gasteiger partial charge in [0.15, 0.2) is 0 Å². The number of hydrogen-bond donors (Lipinski definition) is 1. The van der Waals surface area contributed by atoms with Crippen LogP contribution in [0.1, 0.15) is 18.1 Å². The third-order valence-corrected chi connectivity index (χ3v) is 6.04. The van der Waals surface area contributed by atoms with Gasteiger partial charge in [0, 0.05) is 52.3 Å². The first kappa shape index (κ1) is 15.9. The largest absolute Gasteiger partial charge is 0.387 e. The monoisotopic (exact) mass is 347 g/mol. The lowest BCUT2D eigenvalue weighted by molar-refractivity contribution is 0.0178. The molecule has 1 aromatic rings. The summed E-state index contributed by atoms with van der Waals surface area (Å²) in [4.78, 5) is 2.39. The van der Waals surface area contributed by atoms with Crippen molar-refractivity contribution in [1.29, 1.82) is 0 Å². The van der Waals surface area contributed by atoms with Gasteiger partial charge in [-0.25, -0.2) is 0 Å². The Morgan fingerprint density at radius 2 is 2.29 bits per heavy atom. The standard InChI is InChI=1S/C15H19Cl2NO2S/c16-10-1-2-11(12(17)7-10)14(19)8-18-4-6-21-15-9-20-5-3-13(15)18/h1-2,7,13-15,19H,3-6,8-9H2. The van der Waals surface area contributed by atoms with Gasteiger partial charge in [-0.15, -0.1) is 0 Å². The van der Waals surface area contributed by atoms with Gasteiger partial charge in [-0.3, -0.25) is 4.90 Å². The lowest BCUT2D eigenvalue weighted by atomic mass is 10.0. The maximum absolute atomic E-state index is 10.5. The fraction of sp³-hybridized carbons (Fsp3) is 0.600. The molecule has 2 fully saturated rings. The Morgan fingerprint density at radius 1 is 1.43 bits per heavy atom. The van der Waals surface area contributed by atoms with E-state index in [0.717, 1.165) is 37.5 Å². The van der Waals surface area contributed by atoms with E-state index in [-0.39, 0.29) is 0 Å². The van der Waals surface area contributed by atoms with Crippen molar-refractivity contribution >= 4 is 35.0 Å². The third-order valence-electron chi connectivity index (χ3n) is 4.18. The first-order valence-electron chi connectivity index (χ1n) is 7.21. The van der Waals surface area contributed by atoms with Gasteiger partial charge in [-0.1, -0.05) is 29.3 Å². The highest BCUT2D eigenvalue weighted by molar-refractivity contribution is 8.00. The van der Waals surface area contributed by atoms with Gasteiger partial charge in [0.2, 0.25) is 0 Å². The summed E-state index contributed by atoms with van der Waals surface area (Å²) in [6, 6.07) is 5.77. The highest BCUT2D eigenvalue weighted by atomic mass is 35.5. The number of aliphatic hydroxyl groups excluding tert-OH is 1. The summed E-state index contributed by atoms with van der Waals surface area (Å²) in [6.45, 7) is 3.26. The van der Waals surface area contributed by atoms with Gasteiger partial charge in [-0.2, -0.15) is 11.8 Å². The second-order valence-corrected chi connectivity index (χ2v) is 7.71. The van der Waals surface area contributed by atoms with Crippen LogP contribution in [0.3, 0.4) is 0 Å². The molecule has 116 valence electrons. The summed E-state index contributed by atoms with van der Waals surface area (Å²) in [5, 5.41) is 12.2. The molecule has 21 heavy (non-hydrogen) atoms. The lowest BCUT2D eigenvalue weighted by Crippen LogP contribution is -2.53. The molecule has 0 bridgehead atoms. The van der Waals surface area contributed by atoms with Crippen LogP contribution in [0, 0.1) is 0 Å². The molecule has 0 aromatic heterocycles. The van der Waals surface area contributed by atoms with Crippen molar-refractivity contribution in [2.45, 2.75) is 23.8 Å². The van der Waals surface area contributed by atoms with Crippen LogP contribution in [-0.2, 0) is 4.74 Å². The summed E-state index contributed by atoms with van der Waals surface area (Å²) < 4.78 is 5.56. The quantitative estimate of drug-likeness (QED) is 0.909. The number of benzene rings is 1. The number of ether oxygens (including phenoxy) is 1. The van der Waals surface area contributed by atoms with E-state index in [1.165, 1.54) is 0 Å². The minimum absolute atomic E-state index is 0.498. The fourth-order valence-corrected chi connectivity index (χ4v) is 4.98. The van der Waals surface area contributed by atoms with E-state index in [9.17, 15) is 5.11 Å². The van der Waals surface area contributed by atoms with Crippen LogP contribution in [0.15, 0.2) is 18.2 Å². The highest BCUT2D eigenvalue weighted by Gasteiger charge is 2.35. The summed E-state index contributed by atoms with van der Waals surface area (Å²) >= 11 is 14.1. The average molecular weight is 348 g/mol. The number of nitrogens with zero attached hydrogens (tertiary/aromatic N) is 1. The van der Waals surface area contributed by atoms with Crippen molar-refractivity contribution in [2.75, 3.05) is 32.1 Å². The van der Waals surface area contributed by atoms with E-state index < -0.39 is 6.10 Å².